The fourth-order valence-corrected chi connectivity index (χ4v) is 2.54. The third-order valence-electron chi connectivity index (χ3n) is 3.85. The number of carbonyl (C=O) groups excluding carboxylic acids is 2. The van der Waals surface area contributed by atoms with Gasteiger partial charge in [-0.15, -0.1) is 0 Å². The highest BCUT2D eigenvalue weighted by Gasteiger charge is 2.38. The molecule has 2 amide bonds. The van der Waals surface area contributed by atoms with E-state index in [4.69, 9.17) is 4.74 Å². The van der Waals surface area contributed by atoms with Crippen LogP contribution < -0.4 is 15.5 Å². The summed E-state index contributed by atoms with van der Waals surface area (Å²) in [4.78, 5) is 26.2. The minimum absolute atomic E-state index is 0.194. The summed E-state index contributed by atoms with van der Waals surface area (Å²) in [6.45, 7) is 5.86. The van der Waals surface area contributed by atoms with Gasteiger partial charge >= 0.3 is 12.0 Å². The van der Waals surface area contributed by atoms with E-state index in [1.165, 1.54) is 0 Å². The third-order valence-corrected chi connectivity index (χ3v) is 3.85. The van der Waals surface area contributed by atoms with Gasteiger partial charge in [-0.05, 0) is 24.6 Å². The summed E-state index contributed by atoms with van der Waals surface area (Å²) in [7, 11) is 3.90. The predicted molar refractivity (Wildman–Crippen MR) is 93.6 cm³/mol. The molecule has 0 radical (unpaired) electrons. The number of rotatable bonds is 5. The maximum Gasteiger partial charge on any atom is 0.319 e. The molecule has 1 fully saturated rings. The minimum atomic E-state index is -0.682. The first-order valence-electron chi connectivity index (χ1n) is 7.75. The van der Waals surface area contributed by atoms with Crippen molar-refractivity contribution in [2.24, 2.45) is 5.92 Å². The number of hydrogen-bond acceptors (Lipinski definition) is 4. The van der Waals surface area contributed by atoms with Crippen LogP contribution in [0.3, 0.4) is 0 Å². The molecule has 0 saturated carbocycles. The topological polar surface area (TPSA) is 70.7 Å². The molecule has 6 nitrogen and oxygen atoms in total. The van der Waals surface area contributed by atoms with E-state index in [0.29, 0.717) is 5.70 Å². The maximum absolute atomic E-state index is 12.4. The number of allylic oxidation sites excluding steroid dienone is 1. The number of nitrogens with zero attached hydrogens (tertiary/aromatic N) is 1. The second-order valence-corrected chi connectivity index (χ2v) is 5.76. The van der Waals surface area contributed by atoms with Gasteiger partial charge in [0, 0.05) is 25.5 Å². The molecule has 2 atom stereocenters. The monoisotopic (exact) mass is 329 g/mol. The Morgan fingerprint density at radius 2 is 2.00 bits per heavy atom. The van der Waals surface area contributed by atoms with Crippen LogP contribution in [0.15, 0.2) is 48.7 Å². The first-order chi connectivity index (χ1) is 11.4. The van der Waals surface area contributed by atoms with Gasteiger partial charge in [0.2, 0.25) is 0 Å². The summed E-state index contributed by atoms with van der Waals surface area (Å²) >= 11 is 0. The molecule has 128 valence electrons. The molecule has 0 unspecified atom stereocenters. The molecule has 1 aromatic rings. The molecular weight excluding hydrogens is 306 g/mol. The lowest BCUT2D eigenvalue weighted by atomic mass is 9.89. The first kappa shape index (κ1) is 17.6. The van der Waals surface area contributed by atoms with Crippen molar-refractivity contribution in [3.8, 4) is 0 Å². The molecular formula is C18H23N3O3. The van der Waals surface area contributed by atoms with E-state index in [-0.39, 0.29) is 12.6 Å². The van der Waals surface area contributed by atoms with E-state index in [0.717, 1.165) is 11.3 Å². The van der Waals surface area contributed by atoms with Crippen LogP contribution in [0.2, 0.25) is 0 Å². The highest BCUT2D eigenvalue weighted by Crippen LogP contribution is 2.31. The number of ether oxygens (including phenoxy) is 1. The lowest BCUT2D eigenvalue weighted by Gasteiger charge is -2.33. The Bertz CT molecular complexity index is 650. The Hall–Kier alpha value is -2.76. The Labute approximate surface area is 142 Å². The van der Waals surface area contributed by atoms with E-state index in [2.05, 4.69) is 17.2 Å². The van der Waals surface area contributed by atoms with Gasteiger partial charge in [-0.25, -0.2) is 4.79 Å². The summed E-state index contributed by atoms with van der Waals surface area (Å²) in [6, 6.07) is 6.78. The highest BCUT2D eigenvalue weighted by molar-refractivity contribution is 5.85. The molecule has 0 aliphatic carbocycles. The van der Waals surface area contributed by atoms with E-state index < -0.39 is 17.9 Å². The van der Waals surface area contributed by atoms with Crippen LogP contribution in [0.25, 0.3) is 0 Å². The molecule has 1 aromatic carbocycles. The van der Waals surface area contributed by atoms with Crippen LogP contribution in [0, 0.1) is 5.92 Å². The molecule has 24 heavy (non-hydrogen) atoms. The zero-order valence-electron chi connectivity index (χ0n) is 14.2. The zero-order chi connectivity index (χ0) is 17.7. The van der Waals surface area contributed by atoms with Crippen molar-refractivity contribution in [1.82, 2.24) is 10.6 Å². The molecule has 1 aliphatic heterocycles. The maximum atomic E-state index is 12.4. The van der Waals surface area contributed by atoms with Crippen molar-refractivity contribution in [3.05, 3.63) is 54.3 Å². The van der Waals surface area contributed by atoms with E-state index in [1.54, 1.807) is 12.2 Å². The zero-order valence-corrected chi connectivity index (χ0v) is 14.2. The normalized spacial score (nSPS) is 20.5. The number of urea groups is 1. The highest BCUT2D eigenvalue weighted by atomic mass is 16.5. The largest absolute Gasteiger partial charge is 0.461 e. The smallest absolute Gasteiger partial charge is 0.319 e. The van der Waals surface area contributed by atoms with E-state index >= 15 is 0 Å². The number of benzene rings is 1. The van der Waals surface area contributed by atoms with Crippen molar-refractivity contribution in [2.75, 3.05) is 25.6 Å². The van der Waals surface area contributed by atoms with Crippen LogP contribution in [0.5, 0.6) is 0 Å². The molecule has 0 bridgehead atoms. The second-order valence-electron chi connectivity index (χ2n) is 5.76. The lowest BCUT2D eigenvalue weighted by Crippen LogP contribution is -2.51. The summed E-state index contributed by atoms with van der Waals surface area (Å²) in [5.74, 6) is -1.11. The number of amides is 2. The van der Waals surface area contributed by atoms with Crippen LogP contribution >= 0.6 is 0 Å². The summed E-state index contributed by atoms with van der Waals surface area (Å²) in [5.41, 5.74) is 2.19. The minimum Gasteiger partial charge on any atom is -0.461 e. The molecule has 0 spiro atoms. The van der Waals surface area contributed by atoms with Crippen LogP contribution in [0.1, 0.15) is 18.5 Å². The van der Waals surface area contributed by atoms with Gasteiger partial charge in [0.1, 0.15) is 12.5 Å². The van der Waals surface area contributed by atoms with Crippen LogP contribution in [-0.4, -0.2) is 32.7 Å². The Kier molecular flexibility index (Phi) is 5.63. The van der Waals surface area contributed by atoms with Crippen molar-refractivity contribution < 1.29 is 14.3 Å². The van der Waals surface area contributed by atoms with Gasteiger partial charge in [0.15, 0.2) is 0 Å². The summed E-state index contributed by atoms with van der Waals surface area (Å²) in [5, 5.41) is 5.35. The lowest BCUT2D eigenvalue weighted by molar-refractivity contribution is -0.147. The fourth-order valence-electron chi connectivity index (χ4n) is 2.54. The third kappa shape index (κ3) is 3.95. The Balaban J connectivity index is 2.26. The van der Waals surface area contributed by atoms with Gasteiger partial charge in [-0.1, -0.05) is 30.9 Å². The van der Waals surface area contributed by atoms with Crippen molar-refractivity contribution in [1.29, 1.82) is 0 Å². The number of carbonyl (C=O) groups is 2. The second kappa shape index (κ2) is 7.68. The van der Waals surface area contributed by atoms with Crippen molar-refractivity contribution in [2.45, 2.75) is 13.0 Å². The van der Waals surface area contributed by atoms with Gasteiger partial charge in [-0.2, -0.15) is 0 Å². The van der Waals surface area contributed by atoms with E-state index in [9.17, 15) is 9.59 Å². The molecule has 2 rings (SSSR count). The Morgan fingerprint density at radius 3 is 2.58 bits per heavy atom. The van der Waals surface area contributed by atoms with Gasteiger partial charge in [0.05, 0.1) is 6.04 Å². The van der Waals surface area contributed by atoms with Gasteiger partial charge < -0.3 is 20.3 Å². The summed E-state index contributed by atoms with van der Waals surface area (Å²) in [6.07, 6.45) is 3.55. The molecule has 1 saturated heterocycles. The average molecular weight is 329 g/mol. The van der Waals surface area contributed by atoms with Gasteiger partial charge in [-0.3, -0.25) is 4.79 Å². The Morgan fingerprint density at radius 1 is 1.33 bits per heavy atom. The SMILES string of the molecule is C=C1NC(=O)N[C@@H](c2ccc(N(C)C)cc2)[C@H]1C(=O)OC/C=C/C. The molecule has 6 heteroatoms. The number of nitrogens with one attached hydrogen (secondary N) is 2. The molecule has 1 aliphatic rings. The van der Waals surface area contributed by atoms with Crippen molar-refractivity contribution in [3.63, 3.8) is 0 Å². The van der Waals surface area contributed by atoms with Crippen LogP contribution in [-0.2, 0) is 9.53 Å². The van der Waals surface area contributed by atoms with Gasteiger partial charge in [0.25, 0.3) is 0 Å². The predicted octanol–water partition coefficient (Wildman–Crippen LogP) is 2.36. The quantitative estimate of drug-likeness (QED) is 0.643. The molecule has 0 aromatic heterocycles. The number of anilines is 1. The first-order valence-corrected chi connectivity index (χ1v) is 7.75. The average Bonchev–Trinajstić information content (AvgIpc) is 2.54. The number of hydrogen-bond donors (Lipinski definition) is 2. The number of esters is 1. The fraction of sp³-hybridized carbons (Fsp3) is 0.333. The molecule has 1 heterocycles. The van der Waals surface area contributed by atoms with Crippen molar-refractivity contribution >= 4 is 17.7 Å². The van der Waals surface area contributed by atoms with Crippen LogP contribution in [0.4, 0.5) is 10.5 Å². The molecule has 2 N–H and O–H groups in total. The standard InChI is InChI=1S/C18H23N3O3/c1-5-6-11-24-17(22)15-12(2)19-18(23)20-16(15)13-7-9-14(10-8-13)21(3)4/h5-10,15-16H,2,11H2,1,3-4H3,(H2,19,20,23)/b6-5+/t15-,16-/m0/s1. The van der Waals surface area contributed by atoms with E-state index in [1.807, 2.05) is 50.2 Å². The summed E-state index contributed by atoms with van der Waals surface area (Å²) < 4.78 is 5.26.